The van der Waals surface area contributed by atoms with Gasteiger partial charge in [-0.05, 0) is 40.2 Å². The summed E-state index contributed by atoms with van der Waals surface area (Å²) in [6.07, 6.45) is 2.66. The summed E-state index contributed by atoms with van der Waals surface area (Å²) in [5.41, 5.74) is -0.189. The van der Waals surface area contributed by atoms with Crippen LogP contribution in [0.5, 0.6) is 0 Å². The van der Waals surface area contributed by atoms with E-state index in [1.807, 2.05) is 13.8 Å². The topological polar surface area (TPSA) is 95.6 Å². The van der Waals surface area contributed by atoms with E-state index in [-0.39, 0.29) is 11.4 Å². The zero-order valence-electron chi connectivity index (χ0n) is 12.2. The van der Waals surface area contributed by atoms with Crippen LogP contribution in [0, 0.1) is 0 Å². The number of aryl methyl sites for hydroxylation is 1. The second-order valence-electron chi connectivity index (χ2n) is 5.56. The maximum atomic E-state index is 11.1. The summed E-state index contributed by atoms with van der Waals surface area (Å²) < 4.78 is 0. The molecule has 1 heterocycles. The van der Waals surface area contributed by atoms with Gasteiger partial charge >= 0.3 is 0 Å². The third-order valence-corrected chi connectivity index (χ3v) is 2.79. The number of H-pyrrole nitrogens is 1. The van der Waals surface area contributed by atoms with E-state index in [1.165, 1.54) is 0 Å². The highest BCUT2D eigenvalue weighted by molar-refractivity contribution is 5.73. The molecule has 0 spiro atoms. The van der Waals surface area contributed by atoms with Crippen LogP contribution in [0.4, 0.5) is 0 Å². The predicted octanol–water partition coefficient (Wildman–Crippen LogP) is 0.415. The van der Waals surface area contributed by atoms with Crippen LogP contribution < -0.4 is 10.6 Å². The Morgan fingerprint density at radius 1 is 1.47 bits per heavy atom. The third kappa shape index (κ3) is 6.85. The van der Waals surface area contributed by atoms with E-state index < -0.39 is 0 Å². The summed E-state index contributed by atoms with van der Waals surface area (Å²) in [7, 11) is 0. The molecule has 0 fully saturated rings. The lowest BCUT2D eigenvalue weighted by Gasteiger charge is -2.29. The molecule has 1 rings (SSSR count). The monoisotopic (exact) mass is 268 g/mol. The molecule has 1 unspecified atom stereocenters. The van der Waals surface area contributed by atoms with Gasteiger partial charge in [0, 0.05) is 24.9 Å². The second kappa shape index (κ2) is 7.18. The molecule has 108 valence electrons. The molecule has 0 saturated carbocycles. The first-order valence-corrected chi connectivity index (χ1v) is 6.63. The molecule has 1 amide bonds. The number of nitrogens with zero attached hydrogens (tertiary/aromatic N) is 3. The number of hydrogen-bond donors (Lipinski definition) is 3. The van der Waals surface area contributed by atoms with Gasteiger partial charge in [0.1, 0.15) is 0 Å². The van der Waals surface area contributed by atoms with Gasteiger partial charge in [0.05, 0.1) is 0 Å². The van der Waals surface area contributed by atoms with Gasteiger partial charge < -0.3 is 10.6 Å². The number of aromatic nitrogens is 4. The lowest BCUT2D eigenvalue weighted by Crippen LogP contribution is -2.46. The molecular formula is C12H24N6O. The highest BCUT2D eigenvalue weighted by Gasteiger charge is 2.21. The average molecular weight is 268 g/mol. The van der Waals surface area contributed by atoms with Crippen molar-refractivity contribution in [3.05, 3.63) is 5.82 Å². The zero-order valence-corrected chi connectivity index (χ0v) is 12.2. The molecule has 7 heteroatoms. The average Bonchev–Trinajstić information content (AvgIpc) is 2.74. The summed E-state index contributed by atoms with van der Waals surface area (Å²) in [5.74, 6) is 0.752. The van der Waals surface area contributed by atoms with Crippen molar-refractivity contribution in [1.82, 2.24) is 31.3 Å². The van der Waals surface area contributed by atoms with Crippen LogP contribution in [-0.2, 0) is 11.2 Å². The van der Waals surface area contributed by atoms with Crippen molar-refractivity contribution < 1.29 is 4.79 Å². The lowest BCUT2D eigenvalue weighted by atomic mass is 9.96. The van der Waals surface area contributed by atoms with Gasteiger partial charge in [-0.3, -0.25) is 4.79 Å². The standard InChI is InChI=1S/C12H24N6O/c1-9(8-12(3,4)14-10(2)19)13-7-5-6-11-15-17-18-16-11/h9,13H,5-8H2,1-4H3,(H,14,19)(H,15,16,17,18). The SMILES string of the molecule is CC(=O)NC(C)(C)CC(C)NCCCc1nn[nH]n1. The Labute approximate surface area is 113 Å². The number of carbonyl (C=O) groups is 1. The number of aromatic amines is 1. The van der Waals surface area contributed by atoms with Crippen LogP contribution >= 0.6 is 0 Å². The van der Waals surface area contributed by atoms with Gasteiger partial charge in [-0.15, -0.1) is 10.2 Å². The molecule has 3 N–H and O–H groups in total. The number of nitrogens with one attached hydrogen (secondary N) is 3. The van der Waals surface area contributed by atoms with E-state index in [0.29, 0.717) is 6.04 Å². The summed E-state index contributed by atoms with van der Waals surface area (Å²) in [4.78, 5) is 11.1. The fraction of sp³-hybridized carbons (Fsp3) is 0.833. The minimum Gasteiger partial charge on any atom is -0.351 e. The van der Waals surface area contributed by atoms with Gasteiger partial charge in [0.15, 0.2) is 5.82 Å². The third-order valence-electron chi connectivity index (χ3n) is 2.79. The first-order chi connectivity index (χ1) is 8.89. The molecule has 0 bridgehead atoms. The van der Waals surface area contributed by atoms with E-state index in [0.717, 1.165) is 31.6 Å². The van der Waals surface area contributed by atoms with Crippen molar-refractivity contribution >= 4 is 5.91 Å². The maximum absolute atomic E-state index is 11.1. The molecule has 1 aromatic rings. The fourth-order valence-electron chi connectivity index (χ4n) is 2.25. The van der Waals surface area contributed by atoms with Crippen LogP contribution in [-0.4, -0.2) is 44.7 Å². The van der Waals surface area contributed by atoms with E-state index >= 15 is 0 Å². The Hall–Kier alpha value is -1.50. The van der Waals surface area contributed by atoms with Crippen LogP contribution in [0.15, 0.2) is 0 Å². The quantitative estimate of drug-likeness (QED) is 0.594. The summed E-state index contributed by atoms with van der Waals surface area (Å²) in [6.45, 7) is 8.63. The highest BCUT2D eigenvalue weighted by Crippen LogP contribution is 2.11. The number of tetrazole rings is 1. The minimum atomic E-state index is -0.189. The van der Waals surface area contributed by atoms with Crippen molar-refractivity contribution in [2.75, 3.05) is 6.54 Å². The van der Waals surface area contributed by atoms with Crippen molar-refractivity contribution in [1.29, 1.82) is 0 Å². The predicted molar refractivity (Wildman–Crippen MR) is 72.5 cm³/mol. The van der Waals surface area contributed by atoms with E-state index in [1.54, 1.807) is 6.92 Å². The number of hydrogen-bond acceptors (Lipinski definition) is 5. The summed E-state index contributed by atoms with van der Waals surface area (Å²) >= 11 is 0. The van der Waals surface area contributed by atoms with Crippen molar-refractivity contribution in [2.24, 2.45) is 0 Å². The second-order valence-corrected chi connectivity index (χ2v) is 5.56. The first-order valence-electron chi connectivity index (χ1n) is 6.63. The van der Waals surface area contributed by atoms with Crippen LogP contribution in [0.25, 0.3) is 0 Å². The van der Waals surface area contributed by atoms with Crippen LogP contribution in [0.3, 0.4) is 0 Å². The summed E-state index contributed by atoms with van der Waals surface area (Å²) in [6, 6.07) is 0.340. The van der Waals surface area contributed by atoms with E-state index in [9.17, 15) is 4.79 Å². The Balaban J connectivity index is 2.16. The molecule has 0 radical (unpaired) electrons. The van der Waals surface area contributed by atoms with Crippen molar-refractivity contribution in [3.8, 4) is 0 Å². The van der Waals surface area contributed by atoms with Gasteiger partial charge in [0.25, 0.3) is 0 Å². The maximum Gasteiger partial charge on any atom is 0.217 e. The molecule has 1 aromatic heterocycles. The fourth-order valence-corrected chi connectivity index (χ4v) is 2.25. The Morgan fingerprint density at radius 2 is 2.21 bits per heavy atom. The molecule has 0 aliphatic rings. The first kappa shape index (κ1) is 15.6. The van der Waals surface area contributed by atoms with Gasteiger partial charge in [0.2, 0.25) is 5.91 Å². The number of amides is 1. The minimum absolute atomic E-state index is 0.00862. The largest absolute Gasteiger partial charge is 0.351 e. The molecule has 0 aliphatic carbocycles. The Bertz CT molecular complexity index is 376. The molecular weight excluding hydrogens is 244 g/mol. The highest BCUT2D eigenvalue weighted by atomic mass is 16.1. The van der Waals surface area contributed by atoms with E-state index in [2.05, 4.69) is 38.2 Å². The zero-order chi connectivity index (χ0) is 14.3. The Morgan fingerprint density at radius 3 is 2.79 bits per heavy atom. The van der Waals surface area contributed by atoms with Crippen LogP contribution in [0.1, 0.15) is 46.4 Å². The number of carbonyl (C=O) groups excluding carboxylic acids is 1. The normalized spacial score (nSPS) is 13.3. The van der Waals surface area contributed by atoms with Crippen LogP contribution in [0.2, 0.25) is 0 Å². The molecule has 0 saturated heterocycles. The van der Waals surface area contributed by atoms with Crippen molar-refractivity contribution in [2.45, 2.75) is 58.5 Å². The smallest absolute Gasteiger partial charge is 0.217 e. The Kier molecular flexibility index (Phi) is 5.88. The van der Waals surface area contributed by atoms with Gasteiger partial charge in [-0.1, -0.05) is 5.21 Å². The molecule has 1 atom stereocenters. The van der Waals surface area contributed by atoms with Crippen molar-refractivity contribution in [3.63, 3.8) is 0 Å². The molecule has 19 heavy (non-hydrogen) atoms. The number of rotatable bonds is 8. The molecule has 7 nitrogen and oxygen atoms in total. The summed E-state index contributed by atoms with van der Waals surface area (Å²) in [5, 5.41) is 20.1. The van der Waals surface area contributed by atoms with Gasteiger partial charge in [-0.25, -0.2) is 0 Å². The van der Waals surface area contributed by atoms with Gasteiger partial charge in [-0.2, -0.15) is 5.21 Å². The molecule has 0 aromatic carbocycles. The molecule has 0 aliphatic heterocycles. The van der Waals surface area contributed by atoms with E-state index in [4.69, 9.17) is 0 Å². The lowest BCUT2D eigenvalue weighted by molar-refractivity contribution is -0.120.